The molecule has 0 aliphatic rings. The van der Waals surface area contributed by atoms with Gasteiger partial charge in [0.25, 0.3) is 5.91 Å². The third kappa shape index (κ3) is 5.87. The van der Waals surface area contributed by atoms with Gasteiger partial charge in [-0.2, -0.15) is 0 Å². The van der Waals surface area contributed by atoms with E-state index in [4.69, 9.17) is 4.74 Å². The van der Waals surface area contributed by atoms with Gasteiger partial charge in [0.1, 0.15) is 5.75 Å². The zero-order valence-corrected chi connectivity index (χ0v) is 18.0. The van der Waals surface area contributed by atoms with E-state index < -0.39 is 0 Å². The topological polar surface area (TPSA) is 67.4 Å². The first-order valence-corrected chi connectivity index (χ1v) is 10.5. The first-order chi connectivity index (χ1) is 14.4. The van der Waals surface area contributed by atoms with Crippen molar-refractivity contribution in [2.45, 2.75) is 18.7 Å². The molecule has 3 aromatic rings. The third-order valence-electron chi connectivity index (χ3n) is 4.60. The number of nitrogens with one attached hydrogen (secondary N) is 2. The van der Waals surface area contributed by atoms with Gasteiger partial charge < -0.3 is 15.4 Å². The number of amides is 2. The van der Waals surface area contributed by atoms with Crippen molar-refractivity contribution in [1.82, 2.24) is 0 Å². The van der Waals surface area contributed by atoms with Crippen molar-refractivity contribution in [1.29, 1.82) is 0 Å². The molecule has 0 unspecified atom stereocenters. The minimum Gasteiger partial charge on any atom is -0.497 e. The van der Waals surface area contributed by atoms with Crippen LogP contribution in [0.2, 0.25) is 0 Å². The molecule has 3 aromatic carbocycles. The zero-order valence-electron chi connectivity index (χ0n) is 17.2. The Morgan fingerprint density at radius 3 is 2.30 bits per heavy atom. The Hall–Kier alpha value is -3.25. The van der Waals surface area contributed by atoms with Crippen LogP contribution in [-0.2, 0) is 4.79 Å². The van der Waals surface area contributed by atoms with Crippen LogP contribution < -0.4 is 15.4 Å². The lowest BCUT2D eigenvalue weighted by atomic mass is 10.1. The number of methoxy groups -OCH3 is 1. The second kappa shape index (κ2) is 9.98. The normalized spacial score (nSPS) is 10.4. The average Bonchev–Trinajstić information content (AvgIpc) is 2.75. The van der Waals surface area contributed by atoms with E-state index in [1.165, 1.54) is 17.3 Å². The molecule has 0 radical (unpaired) electrons. The number of carbonyl (C=O) groups is 2. The smallest absolute Gasteiger partial charge is 0.255 e. The molecule has 0 aromatic heterocycles. The number of carbonyl (C=O) groups excluding carboxylic acids is 2. The first-order valence-electron chi connectivity index (χ1n) is 9.50. The third-order valence-corrected chi connectivity index (χ3v) is 5.60. The van der Waals surface area contributed by atoms with E-state index in [9.17, 15) is 9.59 Å². The van der Waals surface area contributed by atoms with E-state index in [2.05, 4.69) is 10.6 Å². The largest absolute Gasteiger partial charge is 0.497 e. The lowest BCUT2D eigenvalue weighted by molar-refractivity contribution is -0.113. The molecule has 0 saturated heterocycles. The quantitative estimate of drug-likeness (QED) is 0.509. The molecule has 0 bridgehead atoms. The summed E-state index contributed by atoms with van der Waals surface area (Å²) in [5.74, 6) is 0.704. The van der Waals surface area contributed by atoms with Gasteiger partial charge >= 0.3 is 0 Å². The number of anilines is 2. The van der Waals surface area contributed by atoms with E-state index >= 15 is 0 Å². The number of hydrogen-bond donors (Lipinski definition) is 2. The summed E-state index contributed by atoms with van der Waals surface area (Å²) in [6.45, 7) is 4.06. The standard InChI is InChI=1S/C24H24N2O3S/c1-16-7-10-20(13-17(16)2)25-23(27)15-30-22-6-4-5-19(14-22)26-24(28)18-8-11-21(29-3)12-9-18/h4-14H,15H2,1-3H3,(H,25,27)(H,26,28). The van der Waals surface area contributed by atoms with E-state index in [1.54, 1.807) is 31.4 Å². The number of ether oxygens (including phenoxy) is 1. The van der Waals surface area contributed by atoms with Crippen LogP contribution in [-0.4, -0.2) is 24.7 Å². The molecule has 0 saturated carbocycles. The van der Waals surface area contributed by atoms with Crippen molar-refractivity contribution in [3.63, 3.8) is 0 Å². The molecule has 154 valence electrons. The Morgan fingerprint density at radius 1 is 0.867 bits per heavy atom. The van der Waals surface area contributed by atoms with Crippen LogP contribution in [0, 0.1) is 13.8 Å². The molecule has 2 N–H and O–H groups in total. The maximum atomic E-state index is 12.4. The highest BCUT2D eigenvalue weighted by Gasteiger charge is 2.08. The summed E-state index contributed by atoms with van der Waals surface area (Å²) in [6.07, 6.45) is 0. The van der Waals surface area contributed by atoms with Crippen molar-refractivity contribution in [2.75, 3.05) is 23.5 Å². The summed E-state index contributed by atoms with van der Waals surface area (Å²) < 4.78 is 5.11. The maximum Gasteiger partial charge on any atom is 0.255 e. The van der Waals surface area contributed by atoms with Crippen molar-refractivity contribution in [3.05, 3.63) is 83.4 Å². The number of thioether (sulfide) groups is 1. The summed E-state index contributed by atoms with van der Waals surface area (Å²) in [5, 5.41) is 5.80. The fourth-order valence-corrected chi connectivity index (χ4v) is 3.53. The highest BCUT2D eigenvalue weighted by Crippen LogP contribution is 2.23. The predicted octanol–water partition coefficient (Wildman–Crippen LogP) is 5.30. The number of rotatable bonds is 7. The van der Waals surface area contributed by atoms with Crippen molar-refractivity contribution < 1.29 is 14.3 Å². The summed E-state index contributed by atoms with van der Waals surface area (Å²) >= 11 is 1.42. The Balaban J connectivity index is 1.56. The molecule has 0 aliphatic heterocycles. The van der Waals surface area contributed by atoms with Crippen LogP contribution in [0.4, 0.5) is 11.4 Å². The maximum absolute atomic E-state index is 12.4. The minimum absolute atomic E-state index is 0.0732. The van der Waals surface area contributed by atoms with E-state index in [0.29, 0.717) is 17.0 Å². The van der Waals surface area contributed by atoms with Gasteiger partial charge in [0, 0.05) is 21.8 Å². The number of hydrogen-bond acceptors (Lipinski definition) is 4. The summed E-state index contributed by atoms with van der Waals surface area (Å²) in [5.41, 5.74) is 4.35. The Morgan fingerprint density at radius 2 is 1.60 bits per heavy atom. The van der Waals surface area contributed by atoms with Crippen LogP contribution in [0.3, 0.4) is 0 Å². The summed E-state index contributed by atoms with van der Waals surface area (Å²) in [4.78, 5) is 25.6. The highest BCUT2D eigenvalue weighted by atomic mass is 32.2. The van der Waals surface area contributed by atoms with Crippen LogP contribution in [0.1, 0.15) is 21.5 Å². The molecule has 0 aliphatic carbocycles. The van der Waals surface area contributed by atoms with Gasteiger partial charge in [-0.05, 0) is 79.6 Å². The van der Waals surface area contributed by atoms with Gasteiger partial charge in [0.15, 0.2) is 0 Å². The molecule has 0 spiro atoms. The molecule has 2 amide bonds. The van der Waals surface area contributed by atoms with Gasteiger partial charge in [0.2, 0.25) is 5.91 Å². The average molecular weight is 421 g/mol. The van der Waals surface area contributed by atoms with E-state index in [-0.39, 0.29) is 17.6 Å². The second-order valence-corrected chi connectivity index (χ2v) is 7.90. The second-order valence-electron chi connectivity index (χ2n) is 6.85. The van der Waals surface area contributed by atoms with Gasteiger partial charge in [0.05, 0.1) is 12.9 Å². The molecule has 30 heavy (non-hydrogen) atoms. The first kappa shape index (κ1) is 21.5. The monoisotopic (exact) mass is 420 g/mol. The van der Waals surface area contributed by atoms with Gasteiger partial charge in [-0.1, -0.05) is 12.1 Å². The van der Waals surface area contributed by atoms with E-state index in [0.717, 1.165) is 16.1 Å². The van der Waals surface area contributed by atoms with Crippen LogP contribution in [0.15, 0.2) is 71.6 Å². The van der Waals surface area contributed by atoms with Crippen molar-refractivity contribution >= 4 is 35.0 Å². The van der Waals surface area contributed by atoms with Crippen molar-refractivity contribution in [3.8, 4) is 5.75 Å². The lowest BCUT2D eigenvalue weighted by Crippen LogP contribution is -2.14. The predicted molar refractivity (Wildman–Crippen MR) is 123 cm³/mol. The Kier molecular flexibility index (Phi) is 7.14. The number of benzene rings is 3. The number of aryl methyl sites for hydroxylation is 2. The van der Waals surface area contributed by atoms with Crippen molar-refractivity contribution in [2.24, 2.45) is 0 Å². The molecule has 0 heterocycles. The molecular formula is C24H24N2O3S. The molecule has 6 heteroatoms. The van der Waals surface area contributed by atoms with Gasteiger partial charge in [-0.3, -0.25) is 9.59 Å². The molecule has 0 atom stereocenters. The lowest BCUT2D eigenvalue weighted by Gasteiger charge is -2.09. The summed E-state index contributed by atoms with van der Waals surface area (Å²) in [6, 6.07) is 20.2. The molecule has 0 fully saturated rings. The Bertz CT molecular complexity index is 1050. The molecule has 3 rings (SSSR count). The van der Waals surface area contributed by atoms with Crippen LogP contribution in [0.25, 0.3) is 0 Å². The zero-order chi connectivity index (χ0) is 21.5. The SMILES string of the molecule is COc1ccc(C(=O)Nc2cccc(SCC(=O)Nc3ccc(C)c(C)c3)c2)cc1. The fraction of sp³-hybridized carbons (Fsp3) is 0.167. The molecular weight excluding hydrogens is 396 g/mol. The molecule has 5 nitrogen and oxygen atoms in total. The fourth-order valence-electron chi connectivity index (χ4n) is 2.77. The van der Waals surface area contributed by atoms with Gasteiger partial charge in [-0.15, -0.1) is 11.8 Å². The van der Waals surface area contributed by atoms with Gasteiger partial charge in [-0.25, -0.2) is 0 Å². The van der Waals surface area contributed by atoms with Crippen LogP contribution >= 0.6 is 11.8 Å². The minimum atomic E-state index is -0.202. The highest BCUT2D eigenvalue weighted by molar-refractivity contribution is 8.00. The van der Waals surface area contributed by atoms with Crippen LogP contribution in [0.5, 0.6) is 5.75 Å². The summed E-state index contributed by atoms with van der Waals surface area (Å²) in [7, 11) is 1.58. The Labute approximate surface area is 180 Å². The van der Waals surface area contributed by atoms with E-state index in [1.807, 2.05) is 56.3 Å².